The predicted molar refractivity (Wildman–Crippen MR) is 82.9 cm³/mol. The van der Waals surface area contributed by atoms with Crippen molar-refractivity contribution in [3.05, 3.63) is 59.2 Å². The van der Waals surface area contributed by atoms with Crippen molar-refractivity contribution in [2.45, 2.75) is 13.8 Å². The second-order valence-corrected chi connectivity index (χ2v) is 4.84. The maximum absolute atomic E-state index is 12.6. The first-order chi connectivity index (χ1) is 9.54. The van der Waals surface area contributed by atoms with Crippen LogP contribution in [-0.2, 0) is 0 Å². The van der Waals surface area contributed by atoms with E-state index >= 15 is 0 Å². The fourth-order valence-electron chi connectivity index (χ4n) is 2.27. The Morgan fingerprint density at radius 1 is 1.15 bits per heavy atom. The molecule has 0 heterocycles. The number of hydrazine groups is 1. The zero-order chi connectivity index (χ0) is 14.7. The molecule has 0 aromatic heterocycles. The lowest BCUT2D eigenvalue weighted by molar-refractivity contribution is 0.0993. The van der Waals surface area contributed by atoms with Crippen LogP contribution in [0.15, 0.2) is 42.5 Å². The minimum absolute atomic E-state index is 0.0921. The van der Waals surface area contributed by atoms with E-state index in [1.54, 1.807) is 24.1 Å². The van der Waals surface area contributed by atoms with Crippen LogP contribution >= 0.6 is 0 Å². The molecule has 0 aliphatic heterocycles. The minimum atomic E-state index is -0.0921. The fraction of sp³-hybridized carbons (Fsp3) is 0.188. The first-order valence-electron chi connectivity index (χ1n) is 6.45. The summed E-state index contributed by atoms with van der Waals surface area (Å²) < 4.78 is 0. The van der Waals surface area contributed by atoms with E-state index in [1.807, 2.05) is 38.1 Å². The topological polar surface area (TPSA) is 58.4 Å². The summed E-state index contributed by atoms with van der Waals surface area (Å²) in [5.41, 5.74) is 6.87. The molecule has 20 heavy (non-hydrogen) atoms. The van der Waals surface area contributed by atoms with Gasteiger partial charge in [0.2, 0.25) is 0 Å². The molecule has 2 aromatic carbocycles. The van der Waals surface area contributed by atoms with Crippen molar-refractivity contribution in [3.8, 4) is 0 Å². The second-order valence-electron chi connectivity index (χ2n) is 4.84. The number of hydrogen-bond acceptors (Lipinski definition) is 3. The number of nitrogens with one attached hydrogen (secondary N) is 1. The third-order valence-electron chi connectivity index (χ3n) is 3.33. The quantitative estimate of drug-likeness (QED) is 0.665. The number of carbonyl (C=O) groups is 1. The Labute approximate surface area is 119 Å². The Bertz CT molecular complexity index is 637. The summed E-state index contributed by atoms with van der Waals surface area (Å²) >= 11 is 0. The number of nitrogens with two attached hydrogens (primary N) is 1. The molecule has 0 atom stereocenters. The van der Waals surface area contributed by atoms with Crippen LogP contribution in [0.1, 0.15) is 21.5 Å². The van der Waals surface area contributed by atoms with Gasteiger partial charge in [-0.25, -0.2) is 0 Å². The molecule has 0 radical (unpaired) electrons. The highest BCUT2D eigenvalue weighted by Crippen LogP contribution is 2.23. The van der Waals surface area contributed by atoms with Gasteiger partial charge in [0.05, 0.1) is 11.3 Å². The molecule has 0 saturated heterocycles. The number of hydrogen-bond donors (Lipinski definition) is 2. The van der Waals surface area contributed by atoms with Gasteiger partial charge in [0, 0.05) is 12.7 Å². The van der Waals surface area contributed by atoms with Gasteiger partial charge < -0.3 is 10.3 Å². The maximum atomic E-state index is 12.6. The normalized spacial score (nSPS) is 10.2. The van der Waals surface area contributed by atoms with Crippen LogP contribution in [0, 0.1) is 13.8 Å². The van der Waals surface area contributed by atoms with Crippen molar-refractivity contribution in [2.75, 3.05) is 17.4 Å². The summed E-state index contributed by atoms with van der Waals surface area (Å²) in [5.74, 6) is 5.36. The number of para-hydroxylation sites is 1. The van der Waals surface area contributed by atoms with Crippen molar-refractivity contribution >= 4 is 17.3 Å². The summed E-state index contributed by atoms with van der Waals surface area (Å²) in [6, 6.07) is 13.2. The molecule has 4 heteroatoms. The Hall–Kier alpha value is -2.33. The van der Waals surface area contributed by atoms with E-state index in [9.17, 15) is 4.79 Å². The SMILES string of the molecule is Cc1ccc(N(C)C(=O)c2ccccc2NN)c(C)c1. The van der Waals surface area contributed by atoms with Gasteiger partial charge in [0.15, 0.2) is 0 Å². The molecule has 0 aliphatic carbocycles. The molecule has 0 spiro atoms. The lowest BCUT2D eigenvalue weighted by Crippen LogP contribution is -2.28. The molecule has 0 fully saturated rings. The number of aryl methyl sites for hydroxylation is 2. The number of carbonyl (C=O) groups excluding carboxylic acids is 1. The highest BCUT2D eigenvalue weighted by atomic mass is 16.2. The lowest BCUT2D eigenvalue weighted by atomic mass is 10.1. The van der Waals surface area contributed by atoms with Crippen molar-refractivity contribution in [3.63, 3.8) is 0 Å². The molecular formula is C16H19N3O. The fourth-order valence-corrected chi connectivity index (χ4v) is 2.27. The number of rotatable bonds is 3. The molecule has 1 amide bonds. The van der Waals surface area contributed by atoms with Gasteiger partial charge in [-0.1, -0.05) is 29.8 Å². The second kappa shape index (κ2) is 5.75. The zero-order valence-electron chi connectivity index (χ0n) is 12.0. The highest BCUT2D eigenvalue weighted by molar-refractivity contribution is 6.09. The van der Waals surface area contributed by atoms with Gasteiger partial charge >= 0.3 is 0 Å². The van der Waals surface area contributed by atoms with E-state index < -0.39 is 0 Å². The van der Waals surface area contributed by atoms with Gasteiger partial charge in [-0.2, -0.15) is 0 Å². The van der Waals surface area contributed by atoms with E-state index in [-0.39, 0.29) is 5.91 Å². The van der Waals surface area contributed by atoms with Crippen LogP contribution in [0.4, 0.5) is 11.4 Å². The van der Waals surface area contributed by atoms with Crippen molar-refractivity contribution in [1.82, 2.24) is 0 Å². The number of benzene rings is 2. The molecule has 0 saturated carbocycles. The number of nitrogen functional groups attached to an aromatic ring is 1. The Kier molecular flexibility index (Phi) is 4.05. The minimum Gasteiger partial charge on any atom is -0.323 e. The van der Waals surface area contributed by atoms with Crippen molar-refractivity contribution in [2.24, 2.45) is 5.84 Å². The van der Waals surface area contributed by atoms with E-state index in [1.165, 1.54) is 5.56 Å². The van der Waals surface area contributed by atoms with E-state index in [0.29, 0.717) is 11.3 Å². The van der Waals surface area contributed by atoms with Gasteiger partial charge in [0.1, 0.15) is 0 Å². The third kappa shape index (κ3) is 2.65. The lowest BCUT2D eigenvalue weighted by Gasteiger charge is -2.21. The van der Waals surface area contributed by atoms with Crippen molar-refractivity contribution in [1.29, 1.82) is 0 Å². The smallest absolute Gasteiger partial charge is 0.260 e. The van der Waals surface area contributed by atoms with E-state index in [0.717, 1.165) is 11.3 Å². The Balaban J connectivity index is 2.37. The summed E-state index contributed by atoms with van der Waals surface area (Å²) in [6.07, 6.45) is 0. The first-order valence-corrected chi connectivity index (χ1v) is 6.45. The Morgan fingerprint density at radius 3 is 2.50 bits per heavy atom. The van der Waals surface area contributed by atoms with Crippen LogP contribution in [0.2, 0.25) is 0 Å². The van der Waals surface area contributed by atoms with Gasteiger partial charge in [-0.15, -0.1) is 0 Å². The molecule has 0 aliphatic rings. The summed E-state index contributed by atoms with van der Waals surface area (Å²) in [5, 5.41) is 0. The molecule has 0 bridgehead atoms. The van der Waals surface area contributed by atoms with Gasteiger partial charge in [-0.05, 0) is 37.6 Å². The summed E-state index contributed by atoms with van der Waals surface area (Å²) in [4.78, 5) is 14.2. The molecule has 2 aromatic rings. The maximum Gasteiger partial charge on any atom is 0.260 e. The molecule has 4 nitrogen and oxygen atoms in total. The largest absolute Gasteiger partial charge is 0.323 e. The average Bonchev–Trinajstić information content (AvgIpc) is 2.45. The van der Waals surface area contributed by atoms with Crippen LogP contribution in [-0.4, -0.2) is 13.0 Å². The van der Waals surface area contributed by atoms with Crippen LogP contribution in [0.3, 0.4) is 0 Å². The molecule has 2 rings (SSSR count). The average molecular weight is 269 g/mol. The van der Waals surface area contributed by atoms with Crippen LogP contribution in [0.5, 0.6) is 0 Å². The number of anilines is 2. The summed E-state index contributed by atoms with van der Waals surface area (Å²) in [6.45, 7) is 4.03. The first kappa shape index (κ1) is 14.1. The van der Waals surface area contributed by atoms with E-state index in [2.05, 4.69) is 11.5 Å². The molecule has 0 unspecified atom stereocenters. The highest BCUT2D eigenvalue weighted by Gasteiger charge is 2.17. The van der Waals surface area contributed by atoms with Crippen LogP contribution in [0.25, 0.3) is 0 Å². The monoisotopic (exact) mass is 269 g/mol. The number of amides is 1. The predicted octanol–water partition coefficient (Wildman–Crippen LogP) is 2.87. The molecular weight excluding hydrogens is 250 g/mol. The number of nitrogens with zero attached hydrogens (tertiary/aromatic N) is 1. The van der Waals surface area contributed by atoms with Crippen molar-refractivity contribution < 1.29 is 4.79 Å². The molecule has 104 valence electrons. The van der Waals surface area contributed by atoms with Gasteiger partial charge in [-0.3, -0.25) is 10.6 Å². The zero-order valence-corrected chi connectivity index (χ0v) is 12.0. The molecule has 3 N–H and O–H groups in total. The third-order valence-corrected chi connectivity index (χ3v) is 3.33. The van der Waals surface area contributed by atoms with Gasteiger partial charge in [0.25, 0.3) is 5.91 Å². The Morgan fingerprint density at radius 2 is 1.85 bits per heavy atom. The van der Waals surface area contributed by atoms with Crippen LogP contribution < -0.4 is 16.2 Å². The van der Waals surface area contributed by atoms with E-state index in [4.69, 9.17) is 5.84 Å². The summed E-state index contributed by atoms with van der Waals surface area (Å²) in [7, 11) is 1.77. The standard InChI is InChI=1S/C16H19N3O/c1-11-8-9-15(12(2)10-11)19(3)16(20)13-6-4-5-7-14(13)18-17/h4-10,18H,17H2,1-3H3.